The van der Waals surface area contributed by atoms with E-state index in [1.807, 2.05) is 0 Å². The van der Waals surface area contributed by atoms with Crippen molar-refractivity contribution in [3.05, 3.63) is 29.6 Å². The molecule has 3 N–H and O–H groups in total. The fraction of sp³-hybridized carbons (Fsp3) is 0.333. The van der Waals surface area contributed by atoms with Crippen LogP contribution >= 0.6 is 0 Å². The van der Waals surface area contributed by atoms with Gasteiger partial charge >= 0.3 is 0 Å². The third-order valence-electron chi connectivity index (χ3n) is 2.99. The van der Waals surface area contributed by atoms with Gasteiger partial charge in [-0.05, 0) is 24.6 Å². The number of hydrogen-bond donors (Lipinski definition) is 2. The normalized spacial score (nSPS) is 19.1. The molecule has 1 atom stereocenters. The van der Waals surface area contributed by atoms with E-state index in [1.54, 1.807) is 11.9 Å². The van der Waals surface area contributed by atoms with Gasteiger partial charge in [0.1, 0.15) is 11.9 Å². The van der Waals surface area contributed by atoms with Crippen molar-refractivity contribution in [3.63, 3.8) is 0 Å². The SMILES string of the molecule is CN1CCC(NC(=O)c2ccc(F)c(N)c2)C1=O. The van der Waals surface area contributed by atoms with E-state index in [9.17, 15) is 14.0 Å². The summed E-state index contributed by atoms with van der Waals surface area (Å²) in [6, 6.07) is 3.22. The van der Waals surface area contributed by atoms with Gasteiger partial charge in [0.05, 0.1) is 5.69 Å². The molecule has 6 heteroatoms. The molecule has 1 aliphatic rings. The third-order valence-corrected chi connectivity index (χ3v) is 2.99. The summed E-state index contributed by atoms with van der Waals surface area (Å²) in [5, 5.41) is 2.61. The molecule has 2 rings (SSSR count). The molecule has 1 aliphatic heterocycles. The van der Waals surface area contributed by atoms with Gasteiger partial charge in [-0.3, -0.25) is 9.59 Å². The van der Waals surface area contributed by atoms with Crippen LogP contribution in [0, 0.1) is 5.82 Å². The van der Waals surface area contributed by atoms with Gasteiger partial charge in [0.25, 0.3) is 5.91 Å². The highest BCUT2D eigenvalue weighted by Crippen LogP contribution is 2.14. The Morgan fingerprint density at radius 3 is 2.83 bits per heavy atom. The molecule has 0 radical (unpaired) electrons. The number of nitrogens with two attached hydrogens (primary N) is 1. The van der Waals surface area contributed by atoms with Gasteiger partial charge in [-0.2, -0.15) is 0 Å². The van der Waals surface area contributed by atoms with E-state index in [2.05, 4.69) is 5.32 Å². The van der Waals surface area contributed by atoms with Crippen LogP contribution in [0.4, 0.5) is 10.1 Å². The van der Waals surface area contributed by atoms with E-state index in [1.165, 1.54) is 12.1 Å². The Kier molecular flexibility index (Phi) is 3.18. The quantitative estimate of drug-likeness (QED) is 0.746. The molecule has 1 fully saturated rings. The molecule has 0 spiro atoms. The first kappa shape index (κ1) is 12.3. The van der Waals surface area contributed by atoms with Crippen LogP contribution in [0.1, 0.15) is 16.8 Å². The lowest BCUT2D eigenvalue weighted by atomic mass is 10.1. The summed E-state index contributed by atoms with van der Waals surface area (Å²) in [6.45, 7) is 0.620. The average molecular weight is 251 g/mol. The van der Waals surface area contributed by atoms with E-state index >= 15 is 0 Å². The lowest BCUT2D eigenvalue weighted by Gasteiger charge is -2.12. The Balaban J connectivity index is 2.08. The summed E-state index contributed by atoms with van der Waals surface area (Å²) in [5.74, 6) is -1.10. The third kappa shape index (κ3) is 2.27. The molecule has 96 valence electrons. The molecule has 0 bridgehead atoms. The highest BCUT2D eigenvalue weighted by atomic mass is 19.1. The minimum atomic E-state index is -0.566. The Morgan fingerprint density at radius 2 is 2.28 bits per heavy atom. The second-order valence-corrected chi connectivity index (χ2v) is 4.31. The number of carbonyl (C=O) groups is 2. The standard InChI is InChI=1S/C12H14FN3O2/c1-16-5-4-10(12(16)18)15-11(17)7-2-3-8(13)9(14)6-7/h2-3,6,10H,4-5,14H2,1H3,(H,15,17). The maximum absolute atomic E-state index is 13.0. The number of nitrogens with zero attached hydrogens (tertiary/aromatic N) is 1. The van der Waals surface area contributed by atoms with Crippen LogP contribution in [0.15, 0.2) is 18.2 Å². The molecule has 0 aliphatic carbocycles. The van der Waals surface area contributed by atoms with Crippen molar-refractivity contribution in [2.75, 3.05) is 19.3 Å². The molecular weight excluding hydrogens is 237 g/mol. The molecule has 1 unspecified atom stereocenters. The largest absolute Gasteiger partial charge is 0.396 e. The summed E-state index contributed by atoms with van der Waals surface area (Å²) >= 11 is 0. The van der Waals surface area contributed by atoms with Crippen molar-refractivity contribution in [3.8, 4) is 0 Å². The van der Waals surface area contributed by atoms with Crippen molar-refractivity contribution in [2.45, 2.75) is 12.5 Å². The molecule has 0 aromatic heterocycles. The number of halogens is 1. The van der Waals surface area contributed by atoms with Gasteiger partial charge < -0.3 is 16.0 Å². The molecule has 1 aromatic rings. The van der Waals surface area contributed by atoms with Gasteiger partial charge in [-0.15, -0.1) is 0 Å². The van der Waals surface area contributed by atoms with Crippen LogP contribution in [0.5, 0.6) is 0 Å². The predicted octanol–water partition coefficient (Wildman–Crippen LogP) is 0.368. The zero-order valence-corrected chi connectivity index (χ0v) is 9.94. The van der Waals surface area contributed by atoms with Crippen LogP contribution in [-0.4, -0.2) is 36.3 Å². The number of hydrogen-bond acceptors (Lipinski definition) is 3. The molecule has 0 saturated carbocycles. The lowest BCUT2D eigenvalue weighted by Crippen LogP contribution is -2.40. The second-order valence-electron chi connectivity index (χ2n) is 4.31. The zero-order valence-electron chi connectivity index (χ0n) is 9.94. The van der Waals surface area contributed by atoms with E-state index in [4.69, 9.17) is 5.73 Å². The van der Waals surface area contributed by atoms with Crippen molar-refractivity contribution in [1.82, 2.24) is 10.2 Å². The topological polar surface area (TPSA) is 75.4 Å². The first-order chi connectivity index (χ1) is 8.49. The summed E-state index contributed by atoms with van der Waals surface area (Å²) < 4.78 is 13.0. The molecular formula is C12H14FN3O2. The molecule has 1 heterocycles. The van der Waals surface area contributed by atoms with Gasteiger partial charge in [-0.1, -0.05) is 0 Å². The lowest BCUT2D eigenvalue weighted by molar-refractivity contribution is -0.128. The van der Waals surface area contributed by atoms with Crippen molar-refractivity contribution in [1.29, 1.82) is 0 Å². The number of nitrogens with one attached hydrogen (secondary N) is 1. The Bertz CT molecular complexity index is 504. The number of amides is 2. The number of likely N-dealkylation sites (tertiary alicyclic amines) is 1. The summed E-state index contributed by atoms with van der Waals surface area (Å²) in [4.78, 5) is 25.0. The number of nitrogen functional groups attached to an aromatic ring is 1. The summed E-state index contributed by atoms with van der Waals surface area (Å²) in [7, 11) is 1.68. The van der Waals surface area contributed by atoms with Crippen molar-refractivity contribution < 1.29 is 14.0 Å². The van der Waals surface area contributed by atoms with Crippen LogP contribution in [-0.2, 0) is 4.79 Å². The van der Waals surface area contributed by atoms with E-state index < -0.39 is 17.8 Å². The van der Waals surface area contributed by atoms with Gasteiger partial charge in [0.15, 0.2) is 0 Å². The number of carbonyl (C=O) groups excluding carboxylic acids is 2. The maximum Gasteiger partial charge on any atom is 0.252 e. The van der Waals surface area contributed by atoms with E-state index in [0.717, 1.165) is 6.07 Å². The second kappa shape index (κ2) is 4.64. The minimum Gasteiger partial charge on any atom is -0.396 e. The zero-order chi connectivity index (χ0) is 13.3. The van der Waals surface area contributed by atoms with Crippen LogP contribution in [0.2, 0.25) is 0 Å². The Labute approximate surface area is 104 Å². The number of benzene rings is 1. The van der Waals surface area contributed by atoms with E-state index in [0.29, 0.717) is 13.0 Å². The number of anilines is 1. The fourth-order valence-electron chi connectivity index (χ4n) is 1.88. The summed E-state index contributed by atoms with van der Waals surface area (Å²) in [6.07, 6.45) is 0.581. The summed E-state index contributed by atoms with van der Waals surface area (Å²) in [5.41, 5.74) is 5.55. The number of rotatable bonds is 2. The predicted molar refractivity (Wildman–Crippen MR) is 64.3 cm³/mol. The molecule has 1 saturated heterocycles. The van der Waals surface area contributed by atoms with Crippen molar-refractivity contribution in [2.24, 2.45) is 0 Å². The molecule has 2 amide bonds. The van der Waals surface area contributed by atoms with Gasteiger partial charge in [0, 0.05) is 19.2 Å². The molecule has 1 aromatic carbocycles. The monoisotopic (exact) mass is 251 g/mol. The Hall–Kier alpha value is -2.11. The average Bonchev–Trinajstić information content (AvgIpc) is 2.64. The van der Waals surface area contributed by atoms with E-state index in [-0.39, 0.29) is 17.2 Å². The highest BCUT2D eigenvalue weighted by molar-refractivity contribution is 5.98. The molecule has 18 heavy (non-hydrogen) atoms. The van der Waals surface area contributed by atoms with Crippen LogP contribution in [0.25, 0.3) is 0 Å². The maximum atomic E-state index is 13.0. The number of likely N-dealkylation sites (N-methyl/N-ethyl adjacent to an activating group) is 1. The van der Waals surface area contributed by atoms with Gasteiger partial charge in [0.2, 0.25) is 5.91 Å². The fourth-order valence-corrected chi connectivity index (χ4v) is 1.88. The highest BCUT2D eigenvalue weighted by Gasteiger charge is 2.30. The first-order valence-electron chi connectivity index (χ1n) is 5.60. The van der Waals surface area contributed by atoms with Gasteiger partial charge in [-0.25, -0.2) is 4.39 Å². The van der Waals surface area contributed by atoms with Crippen LogP contribution < -0.4 is 11.1 Å². The molecule has 5 nitrogen and oxygen atoms in total. The smallest absolute Gasteiger partial charge is 0.252 e. The first-order valence-corrected chi connectivity index (χ1v) is 5.60. The van der Waals surface area contributed by atoms with Crippen LogP contribution in [0.3, 0.4) is 0 Å². The Morgan fingerprint density at radius 1 is 1.56 bits per heavy atom. The van der Waals surface area contributed by atoms with Crippen molar-refractivity contribution >= 4 is 17.5 Å². The minimum absolute atomic E-state index is 0.0856.